The zero-order valence-corrected chi connectivity index (χ0v) is 17.0. The molecule has 0 saturated heterocycles. The molecule has 0 bridgehead atoms. The van der Waals surface area contributed by atoms with Gasteiger partial charge in [0.2, 0.25) is 15.9 Å². The molecule has 0 aliphatic heterocycles. The number of benzene rings is 2. The number of aryl methyl sites for hydroxylation is 1. The molecule has 7 heteroatoms. The largest absolute Gasteiger partial charge is 0.494 e. The van der Waals surface area contributed by atoms with E-state index < -0.39 is 10.0 Å². The monoisotopic (exact) mass is 390 g/mol. The Morgan fingerprint density at radius 1 is 1.15 bits per heavy atom. The van der Waals surface area contributed by atoms with E-state index in [0.29, 0.717) is 18.8 Å². The third kappa shape index (κ3) is 5.72. The topological polar surface area (TPSA) is 75.7 Å². The number of nitrogens with one attached hydrogen (secondary N) is 1. The molecule has 0 atom stereocenters. The van der Waals surface area contributed by atoms with Gasteiger partial charge in [-0.2, -0.15) is 0 Å². The van der Waals surface area contributed by atoms with Crippen molar-refractivity contribution in [2.24, 2.45) is 0 Å². The molecule has 6 nitrogen and oxygen atoms in total. The number of carbonyl (C=O) groups excluding carboxylic acids is 1. The van der Waals surface area contributed by atoms with E-state index in [1.165, 1.54) is 0 Å². The lowest BCUT2D eigenvalue weighted by Crippen LogP contribution is -2.40. The smallest absolute Gasteiger partial charge is 0.241 e. The van der Waals surface area contributed by atoms with Crippen molar-refractivity contribution < 1.29 is 17.9 Å². The van der Waals surface area contributed by atoms with Gasteiger partial charge in [-0.05, 0) is 55.7 Å². The van der Waals surface area contributed by atoms with Crippen LogP contribution in [0.1, 0.15) is 23.6 Å². The lowest BCUT2D eigenvalue weighted by Gasteiger charge is -2.24. The Morgan fingerprint density at radius 2 is 1.85 bits per heavy atom. The fourth-order valence-electron chi connectivity index (χ4n) is 2.69. The molecule has 1 N–H and O–H groups in total. The van der Waals surface area contributed by atoms with Gasteiger partial charge in [0.1, 0.15) is 12.3 Å². The van der Waals surface area contributed by atoms with Crippen LogP contribution in [0.25, 0.3) is 0 Å². The predicted molar refractivity (Wildman–Crippen MR) is 108 cm³/mol. The predicted octanol–water partition coefficient (Wildman–Crippen LogP) is 2.78. The van der Waals surface area contributed by atoms with Crippen LogP contribution in [0, 0.1) is 13.8 Å². The molecule has 0 aromatic heterocycles. The average molecular weight is 391 g/mol. The minimum Gasteiger partial charge on any atom is -0.494 e. The van der Waals surface area contributed by atoms with Crippen molar-refractivity contribution in [3.8, 4) is 5.75 Å². The van der Waals surface area contributed by atoms with E-state index in [2.05, 4.69) is 5.32 Å². The lowest BCUT2D eigenvalue weighted by atomic mass is 10.1. The number of hydrogen-bond donors (Lipinski definition) is 1. The number of nitrogens with zero attached hydrogens (tertiary/aromatic N) is 1. The van der Waals surface area contributed by atoms with Gasteiger partial charge in [-0.15, -0.1) is 0 Å². The molecular formula is C20H26N2O4S. The van der Waals surface area contributed by atoms with Crippen molar-refractivity contribution in [1.29, 1.82) is 0 Å². The first kappa shape index (κ1) is 20.8. The summed E-state index contributed by atoms with van der Waals surface area (Å²) in [5.41, 5.74) is 3.20. The van der Waals surface area contributed by atoms with Crippen molar-refractivity contribution >= 4 is 21.6 Å². The Bertz CT molecular complexity index is 910. The average Bonchev–Trinajstić information content (AvgIpc) is 2.60. The Morgan fingerprint density at radius 3 is 2.52 bits per heavy atom. The van der Waals surface area contributed by atoms with Crippen LogP contribution in [0.4, 0.5) is 5.69 Å². The summed E-state index contributed by atoms with van der Waals surface area (Å²) < 4.78 is 31.1. The van der Waals surface area contributed by atoms with Crippen LogP contribution >= 0.6 is 0 Å². The molecule has 0 heterocycles. The maximum Gasteiger partial charge on any atom is 0.241 e. The molecule has 0 spiro atoms. The lowest BCUT2D eigenvalue weighted by molar-refractivity contribution is -0.119. The third-order valence-corrected chi connectivity index (χ3v) is 5.36. The van der Waals surface area contributed by atoms with Crippen molar-refractivity contribution in [2.75, 3.05) is 23.7 Å². The van der Waals surface area contributed by atoms with Gasteiger partial charge >= 0.3 is 0 Å². The van der Waals surface area contributed by atoms with Crippen LogP contribution in [0.15, 0.2) is 42.5 Å². The van der Waals surface area contributed by atoms with Crippen LogP contribution in [0.3, 0.4) is 0 Å². The number of amides is 1. The quantitative estimate of drug-likeness (QED) is 0.752. The zero-order valence-electron chi connectivity index (χ0n) is 16.2. The van der Waals surface area contributed by atoms with E-state index in [1.807, 2.05) is 51.1 Å². The number of hydrogen-bond acceptors (Lipinski definition) is 4. The highest BCUT2D eigenvalue weighted by Gasteiger charge is 2.22. The number of anilines is 1. The molecular weight excluding hydrogens is 364 g/mol. The second-order valence-electron chi connectivity index (χ2n) is 6.35. The van der Waals surface area contributed by atoms with Gasteiger partial charge in [-0.1, -0.05) is 24.3 Å². The van der Waals surface area contributed by atoms with Crippen molar-refractivity contribution in [3.05, 3.63) is 59.2 Å². The Kier molecular flexibility index (Phi) is 6.85. The van der Waals surface area contributed by atoms with E-state index in [-0.39, 0.29) is 12.5 Å². The second-order valence-corrected chi connectivity index (χ2v) is 8.25. The van der Waals surface area contributed by atoms with Gasteiger partial charge in [-0.25, -0.2) is 8.42 Å². The fraction of sp³-hybridized carbons (Fsp3) is 0.350. The summed E-state index contributed by atoms with van der Waals surface area (Å²) in [4.78, 5) is 12.4. The zero-order chi connectivity index (χ0) is 20.0. The van der Waals surface area contributed by atoms with Crippen molar-refractivity contribution in [3.63, 3.8) is 0 Å². The molecule has 0 unspecified atom stereocenters. The molecule has 2 aromatic carbocycles. The molecule has 2 rings (SSSR count). The summed E-state index contributed by atoms with van der Waals surface area (Å²) in [5.74, 6) is 0.362. The second kappa shape index (κ2) is 8.90. The summed E-state index contributed by atoms with van der Waals surface area (Å²) in [7, 11) is -3.60. The molecule has 146 valence electrons. The minimum absolute atomic E-state index is 0.270. The van der Waals surface area contributed by atoms with Gasteiger partial charge in [0, 0.05) is 6.54 Å². The number of sulfonamides is 1. The van der Waals surface area contributed by atoms with E-state index in [0.717, 1.165) is 33.0 Å². The first-order valence-electron chi connectivity index (χ1n) is 8.74. The van der Waals surface area contributed by atoms with Crippen LogP contribution in [0.5, 0.6) is 5.75 Å². The minimum atomic E-state index is -3.60. The summed E-state index contributed by atoms with van der Waals surface area (Å²) in [5, 5.41) is 2.77. The maximum absolute atomic E-state index is 12.4. The summed E-state index contributed by atoms with van der Waals surface area (Å²) >= 11 is 0. The molecule has 0 fully saturated rings. The normalized spacial score (nSPS) is 11.1. The molecule has 0 aliphatic rings. The highest BCUT2D eigenvalue weighted by molar-refractivity contribution is 7.92. The van der Waals surface area contributed by atoms with Gasteiger partial charge < -0.3 is 10.1 Å². The van der Waals surface area contributed by atoms with Crippen LogP contribution in [-0.2, 0) is 21.4 Å². The summed E-state index contributed by atoms with van der Waals surface area (Å²) in [6, 6.07) is 12.8. The molecule has 1 amide bonds. The number of carbonyl (C=O) groups is 1. The molecule has 2 aromatic rings. The Labute approximate surface area is 161 Å². The van der Waals surface area contributed by atoms with E-state index >= 15 is 0 Å². The number of rotatable bonds is 8. The summed E-state index contributed by atoms with van der Waals surface area (Å²) in [6.07, 6.45) is 1.10. The van der Waals surface area contributed by atoms with Crippen LogP contribution in [-0.4, -0.2) is 33.7 Å². The van der Waals surface area contributed by atoms with Crippen molar-refractivity contribution in [2.45, 2.75) is 27.3 Å². The first-order valence-corrected chi connectivity index (χ1v) is 10.6. The highest BCUT2D eigenvalue weighted by atomic mass is 32.2. The van der Waals surface area contributed by atoms with Crippen LogP contribution < -0.4 is 14.4 Å². The SMILES string of the molecule is CCOc1cccc(CNC(=O)CN(c2cccc(C)c2C)S(C)(=O)=O)c1. The van der Waals surface area contributed by atoms with E-state index in [1.54, 1.807) is 12.1 Å². The molecule has 0 radical (unpaired) electrons. The van der Waals surface area contributed by atoms with Gasteiger partial charge in [0.05, 0.1) is 18.6 Å². The standard InChI is InChI=1S/C20H26N2O4S/c1-5-26-18-10-7-9-17(12-18)13-21-20(23)14-22(27(4,24)25)19-11-6-8-15(2)16(19)3/h6-12H,5,13-14H2,1-4H3,(H,21,23). The van der Waals surface area contributed by atoms with Gasteiger partial charge in [0.25, 0.3) is 0 Å². The highest BCUT2D eigenvalue weighted by Crippen LogP contribution is 2.24. The molecule has 27 heavy (non-hydrogen) atoms. The fourth-order valence-corrected chi connectivity index (χ4v) is 3.59. The third-order valence-electron chi connectivity index (χ3n) is 4.23. The Balaban J connectivity index is 2.11. The maximum atomic E-state index is 12.4. The van der Waals surface area contributed by atoms with Gasteiger partial charge in [-0.3, -0.25) is 9.10 Å². The molecule has 0 saturated carbocycles. The van der Waals surface area contributed by atoms with Gasteiger partial charge in [0.15, 0.2) is 0 Å². The first-order chi connectivity index (χ1) is 12.7. The number of ether oxygens (including phenoxy) is 1. The van der Waals surface area contributed by atoms with E-state index in [4.69, 9.17) is 4.74 Å². The molecule has 0 aliphatic carbocycles. The van der Waals surface area contributed by atoms with E-state index in [9.17, 15) is 13.2 Å². The van der Waals surface area contributed by atoms with Crippen LogP contribution in [0.2, 0.25) is 0 Å². The Hall–Kier alpha value is -2.54. The summed E-state index contributed by atoms with van der Waals surface area (Å²) in [6.45, 7) is 6.25. The van der Waals surface area contributed by atoms with Crippen molar-refractivity contribution in [1.82, 2.24) is 5.32 Å².